The van der Waals surface area contributed by atoms with Crippen LogP contribution in [0.4, 0.5) is 0 Å². The molecule has 2 aromatic rings. The average Bonchev–Trinajstić information content (AvgIpc) is 3.50. The van der Waals surface area contributed by atoms with E-state index in [0.717, 1.165) is 47.4 Å². The number of carbonyl (C=O) groups is 3. The summed E-state index contributed by atoms with van der Waals surface area (Å²) in [4.78, 5) is 47.4. The second kappa shape index (κ2) is 12.0. The lowest BCUT2D eigenvalue weighted by molar-refractivity contribution is -0.144. The van der Waals surface area contributed by atoms with Gasteiger partial charge in [-0.25, -0.2) is 4.98 Å². The molecule has 0 radical (unpaired) electrons. The van der Waals surface area contributed by atoms with Crippen LogP contribution in [0.2, 0.25) is 0 Å². The number of likely N-dealkylation sites (tertiary alicyclic amines) is 1. The molecular formula is C30H42N4O3S. The highest BCUT2D eigenvalue weighted by Gasteiger charge is 2.44. The number of benzene rings is 1. The van der Waals surface area contributed by atoms with Gasteiger partial charge in [0, 0.05) is 19.0 Å². The highest BCUT2D eigenvalue weighted by Crippen LogP contribution is 2.30. The zero-order valence-electron chi connectivity index (χ0n) is 23.4. The Hall–Kier alpha value is -2.74. The van der Waals surface area contributed by atoms with E-state index in [9.17, 15) is 14.4 Å². The second-order valence-corrected chi connectivity index (χ2v) is 13.0. The third-order valence-electron chi connectivity index (χ3n) is 7.90. The van der Waals surface area contributed by atoms with Crippen LogP contribution in [0.25, 0.3) is 10.4 Å². The van der Waals surface area contributed by atoms with Crippen molar-refractivity contribution in [1.82, 2.24) is 20.5 Å². The van der Waals surface area contributed by atoms with E-state index in [-0.39, 0.29) is 29.6 Å². The molecule has 2 fully saturated rings. The molecule has 0 spiro atoms. The van der Waals surface area contributed by atoms with Crippen molar-refractivity contribution in [3.63, 3.8) is 0 Å². The number of aryl methyl sites for hydroxylation is 1. The summed E-state index contributed by atoms with van der Waals surface area (Å²) in [5, 5.41) is 6.14. The zero-order valence-corrected chi connectivity index (χ0v) is 24.2. The van der Waals surface area contributed by atoms with E-state index in [1.54, 1.807) is 16.2 Å². The third-order valence-corrected chi connectivity index (χ3v) is 8.88. The molecular weight excluding hydrogens is 496 g/mol. The maximum Gasteiger partial charge on any atom is 0.246 e. The maximum atomic E-state index is 13.8. The topological polar surface area (TPSA) is 91.4 Å². The molecule has 1 unspecified atom stereocenters. The standard InChI is InChI=1S/C30H42N4O3S/c1-19-15-24(28(36)31-16-21-11-13-22(14-12-21)25-20(2)32-18-38-25)34(17-19)29(37)26(30(3,4)5)33-27(35)23-9-7-6-8-10-23/h11-14,18-19,23-24,26H,6-10,15-17H2,1-5H3,(H,31,36)(H,33,35)/t19?,24-,26+/m0/s1. The lowest BCUT2D eigenvalue weighted by Crippen LogP contribution is -2.58. The van der Waals surface area contributed by atoms with Crippen molar-refractivity contribution < 1.29 is 14.4 Å². The van der Waals surface area contributed by atoms with E-state index >= 15 is 0 Å². The van der Waals surface area contributed by atoms with E-state index in [2.05, 4.69) is 34.7 Å². The minimum Gasteiger partial charge on any atom is -0.350 e. The molecule has 1 aliphatic carbocycles. The Balaban J connectivity index is 1.41. The van der Waals surface area contributed by atoms with Crippen molar-refractivity contribution in [2.24, 2.45) is 17.3 Å². The van der Waals surface area contributed by atoms with Crippen molar-refractivity contribution in [2.75, 3.05) is 6.54 Å². The molecule has 0 bridgehead atoms. The lowest BCUT2D eigenvalue weighted by Gasteiger charge is -2.36. The summed E-state index contributed by atoms with van der Waals surface area (Å²) in [5.41, 5.74) is 4.51. The fourth-order valence-electron chi connectivity index (χ4n) is 5.64. The van der Waals surface area contributed by atoms with Gasteiger partial charge >= 0.3 is 0 Å². The average molecular weight is 539 g/mol. The SMILES string of the molecule is Cc1ncsc1-c1ccc(CNC(=O)[C@@H]2CC(C)CN2C(=O)[C@@H](NC(=O)C2CCCCC2)C(C)(C)C)cc1. The highest BCUT2D eigenvalue weighted by atomic mass is 32.1. The van der Waals surface area contributed by atoms with Crippen LogP contribution in [0.15, 0.2) is 29.8 Å². The Kier molecular flexibility index (Phi) is 8.91. The molecule has 4 rings (SSSR count). The molecule has 1 aromatic carbocycles. The van der Waals surface area contributed by atoms with E-state index < -0.39 is 17.5 Å². The molecule has 206 valence electrons. The number of rotatable bonds is 7. The van der Waals surface area contributed by atoms with Crippen LogP contribution < -0.4 is 10.6 Å². The Labute approximate surface area is 230 Å². The number of hydrogen-bond donors (Lipinski definition) is 2. The van der Waals surface area contributed by atoms with Gasteiger partial charge in [0.15, 0.2) is 0 Å². The number of carbonyl (C=O) groups excluding carboxylic acids is 3. The van der Waals surface area contributed by atoms with Crippen molar-refractivity contribution >= 4 is 29.1 Å². The van der Waals surface area contributed by atoms with Gasteiger partial charge in [0.25, 0.3) is 0 Å². The Morgan fingerprint density at radius 3 is 2.37 bits per heavy atom. The van der Waals surface area contributed by atoms with Crippen LogP contribution in [0.1, 0.15) is 77.5 Å². The second-order valence-electron chi connectivity index (χ2n) is 12.2. The monoisotopic (exact) mass is 538 g/mol. The number of amides is 3. The molecule has 1 aromatic heterocycles. The van der Waals surface area contributed by atoms with Crippen LogP contribution >= 0.6 is 11.3 Å². The first-order valence-electron chi connectivity index (χ1n) is 13.9. The van der Waals surface area contributed by atoms with Crippen LogP contribution in [-0.4, -0.2) is 46.2 Å². The summed E-state index contributed by atoms with van der Waals surface area (Å²) < 4.78 is 0. The van der Waals surface area contributed by atoms with Gasteiger partial charge in [-0.3, -0.25) is 14.4 Å². The normalized spacial score (nSPS) is 21.2. The number of nitrogens with one attached hydrogen (secondary N) is 2. The number of hydrogen-bond acceptors (Lipinski definition) is 5. The summed E-state index contributed by atoms with van der Waals surface area (Å²) in [6.45, 7) is 10.9. The Bertz CT molecular complexity index is 1130. The van der Waals surface area contributed by atoms with E-state index in [4.69, 9.17) is 0 Å². The number of aromatic nitrogens is 1. The third kappa shape index (κ3) is 6.63. The van der Waals surface area contributed by atoms with Crippen LogP contribution in [0.3, 0.4) is 0 Å². The highest BCUT2D eigenvalue weighted by molar-refractivity contribution is 7.13. The molecule has 8 heteroatoms. The van der Waals surface area contributed by atoms with E-state index in [0.29, 0.717) is 19.5 Å². The molecule has 2 heterocycles. The van der Waals surface area contributed by atoms with Gasteiger partial charge in [0.2, 0.25) is 17.7 Å². The van der Waals surface area contributed by atoms with Gasteiger partial charge in [-0.05, 0) is 48.6 Å². The first-order valence-corrected chi connectivity index (χ1v) is 14.8. The first-order chi connectivity index (χ1) is 18.0. The summed E-state index contributed by atoms with van der Waals surface area (Å²) in [7, 11) is 0. The molecule has 38 heavy (non-hydrogen) atoms. The smallest absolute Gasteiger partial charge is 0.246 e. The van der Waals surface area contributed by atoms with Gasteiger partial charge < -0.3 is 15.5 Å². The van der Waals surface area contributed by atoms with Crippen LogP contribution in [0, 0.1) is 24.2 Å². The lowest BCUT2D eigenvalue weighted by atomic mass is 9.83. The van der Waals surface area contributed by atoms with Gasteiger partial charge in [-0.1, -0.05) is 71.2 Å². The predicted octanol–water partition coefficient (Wildman–Crippen LogP) is 5.08. The zero-order chi connectivity index (χ0) is 27.4. The molecule has 1 aliphatic heterocycles. The molecule has 3 atom stereocenters. The molecule has 2 aliphatic rings. The van der Waals surface area contributed by atoms with E-state index in [1.165, 1.54) is 6.42 Å². The number of thiazole rings is 1. The number of nitrogens with zero attached hydrogens (tertiary/aromatic N) is 2. The fraction of sp³-hybridized carbons (Fsp3) is 0.600. The minimum absolute atomic E-state index is 0.0237. The Morgan fingerprint density at radius 2 is 1.76 bits per heavy atom. The molecule has 3 amide bonds. The predicted molar refractivity (Wildman–Crippen MR) is 151 cm³/mol. The Morgan fingerprint density at radius 1 is 1.08 bits per heavy atom. The van der Waals surface area contributed by atoms with Crippen molar-refractivity contribution in [2.45, 2.75) is 91.8 Å². The van der Waals surface area contributed by atoms with Crippen LogP contribution in [-0.2, 0) is 20.9 Å². The molecule has 7 nitrogen and oxygen atoms in total. The quantitative estimate of drug-likeness (QED) is 0.514. The molecule has 1 saturated carbocycles. The minimum atomic E-state index is -0.666. The van der Waals surface area contributed by atoms with E-state index in [1.807, 2.05) is 45.3 Å². The molecule has 2 N–H and O–H groups in total. The van der Waals surface area contributed by atoms with Gasteiger partial charge in [0.05, 0.1) is 16.1 Å². The van der Waals surface area contributed by atoms with Crippen LogP contribution in [0.5, 0.6) is 0 Å². The largest absolute Gasteiger partial charge is 0.350 e. The summed E-state index contributed by atoms with van der Waals surface area (Å²) in [6, 6.07) is 6.95. The first kappa shape index (κ1) is 28.3. The summed E-state index contributed by atoms with van der Waals surface area (Å²) in [5.74, 6) is -0.134. The maximum absolute atomic E-state index is 13.8. The van der Waals surface area contributed by atoms with Crippen molar-refractivity contribution in [3.05, 3.63) is 41.0 Å². The fourth-order valence-corrected chi connectivity index (χ4v) is 6.45. The van der Waals surface area contributed by atoms with Crippen molar-refractivity contribution in [1.29, 1.82) is 0 Å². The summed E-state index contributed by atoms with van der Waals surface area (Å²) >= 11 is 1.62. The summed E-state index contributed by atoms with van der Waals surface area (Å²) in [6.07, 6.45) is 5.68. The van der Waals surface area contributed by atoms with Gasteiger partial charge in [-0.15, -0.1) is 11.3 Å². The van der Waals surface area contributed by atoms with Gasteiger partial charge in [0.1, 0.15) is 12.1 Å². The van der Waals surface area contributed by atoms with Crippen molar-refractivity contribution in [3.8, 4) is 10.4 Å². The molecule has 1 saturated heterocycles. The van der Waals surface area contributed by atoms with Gasteiger partial charge in [-0.2, -0.15) is 0 Å².